The maximum atomic E-state index is 12.4. The van der Waals surface area contributed by atoms with E-state index in [9.17, 15) is 4.79 Å². The normalized spacial score (nSPS) is 14.4. The molecule has 0 spiro atoms. The minimum Gasteiger partial charge on any atom is -0.0616 e. The number of ether oxygens (including phenoxy) is 1. The summed E-state index contributed by atoms with van der Waals surface area (Å²) in [6, 6.07) is 20.1. The van der Waals surface area contributed by atoms with Gasteiger partial charge in [-0.15, -0.1) is 0 Å². The standard InChI is InChI=1S/C21H19N4O2.C2H4O2.Na/c1-2-27-20-16(13-12-15-8-6-7-11-18(15)20)14-19-21(26)24-25(23-19)22-17-9-4-3-5-10-17;1-2(3)4;/h4-14,22-23H,2H2,1H3,(H,24,26);1H3,(H,3,4);/b19-14+;;. The van der Waals surface area contributed by atoms with Crippen molar-refractivity contribution >= 4 is 65.2 Å². The van der Waals surface area contributed by atoms with Crippen LogP contribution in [0.1, 0.15) is 19.4 Å². The maximum absolute atomic E-state index is 12.4. The van der Waals surface area contributed by atoms with Crippen LogP contribution in [0.5, 0.6) is 5.75 Å². The van der Waals surface area contributed by atoms with Gasteiger partial charge in [0.25, 0.3) is 5.97 Å². The van der Waals surface area contributed by atoms with E-state index in [1.807, 2.05) is 55.5 Å². The van der Waals surface area contributed by atoms with Crippen LogP contribution in [0.2, 0.25) is 0 Å². The number of hydrogen-bond donors (Lipinski definition) is 4. The number of carbonyl (C=O) groups excluding carboxylic acids is 1. The van der Waals surface area contributed by atoms with E-state index in [0.717, 1.165) is 62.6 Å². The van der Waals surface area contributed by atoms with Gasteiger partial charge in [0.1, 0.15) is 0 Å². The molecule has 9 heteroatoms. The predicted molar refractivity (Wildman–Crippen MR) is 125 cm³/mol. The molecule has 1 aliphatic rings. The Morgan fingerprint density at radius 1 is 1.12 bits per heavy atom. The van der Waals surface area contributed by atoms with Gasteiger partial charge in [0.05, 0.1) is 6.61 Å². The first kappa shape index (κ1) is 23.6. The fourth-order valence-corrected chi connectivity index (χ4v) is 3.44. The monoisotopic (exact) mass is 442 g/mol. The molecule has 4 rings (SSSR count). The van der Waals surface area contributed by atoms with Crippen molar-refractivity contribution in [3.05, 3.63) is 71.9 Å². The Kier molecular flexibility index (Phi) is 8.13. The summed E-state index contributed by atoms with van der Waals surface area (Å²) >= 11 is 1.01. The Labute approximate surface area is 203 Å². The molecule has 1 heterocycles. The van der Waals surface area contributed by atoms with Gasteiger partial charge in [0.15, 0.2) is 0 Å². The molecular weight excluding hydrogens is 419 g/mol. The van der Waals surface area contributed by atoms with E-state index < -0.39 is 5.97 Å². The number of nitrogens with one attached hydrogen (secondary N) is 3. The quantitative estimate of drug-likeness (QED) is 0.355. The fourth-order valence-electron chi connectivity index (χ4n) is 3.11. The van der Waals surface area contributed by atoms with E-state index in [0.29, 0.717) is 12.3 Å². The Hall–Kier alpha value is -3.04. The third-order valence-electron chi connectivity index (χ3n) is 4.48. The summed E-state index contributed by atoms with van der Waals surface area (Å²) in [5.41, 5.74) is 11.1. The van der Waals surface area contributed by atoms with Crippen LogP contribution >= 0.6 is 0 Å². The van der Waals surface area contributed by atoms with Gasteiger partial charge in [0, 0.05) is 6.92 Å². The molecule has 0 atom stereocenters. The average molecular weight is 442 g/mol. The zero-order valence-electron chi connectivity index (χ0n) is 18.2. The number of anilines is 1. The number of carbonyl (C=O) groups is 2. The summed E-state index contributed by atoms with van der Waals surface area (Å²) in [7, 11) is 0. The molecule has 4 N–H and O–H groups in total. The second kappa shape index (κ2) is 11.0. The molecule has 1 aliphatic heterocycles. The van der Waals surface area contributed by atoms with Gasteiger partial charge in [-0.25, -0.2) is 0 Å². The van der Waals surface area contributed by atoms with Gasteiger partial charge >= 0.3 is 138 Å². The predicted octanol–water partition coefficient (Wildman–Crippen LogP) is 2.34. The number of benzene rings is 3. The van der Waals surface area contributed by atoms with E-state index in [1.165, 1.54) is 8.04 Å². The van der Waals surface area contributed by atoms with Crippen molar-refractivity contribution in [1.29, 1.82) is 0 Å². The molecule has 1 fully saturated rings. The summed E-state index contributed by atoms with van der Waals surface area (Å²) in [6.07, 6.45) is 1.80. The van der Waals surface area contributed by atoms with Crippen LogP contribution in [-0.2, 0) is 9.59 Å². The Morgan fingerprint density at radius 3 is 2.50 bits per heavy atom. The van der Waals surface area contributed by atoms with Crippen LogP contribution in [0.25, 0.3) is 16.8 Å². The Bertz CT molecular complexity index is 1140. The molecule has 0 unspecified atom stereocenters. The molecule has 160 valence electrons. The first-order chi connectivity index (χ1) is 15.4. The molecule has 0 bridgehead atoms. The van der Waals surface area contributed by atoms with Gasteiger partial charge in [-0.3, -0.25) is 4.79 Å². The smallest absolute Gasteiger partial charge is 0.0616 e. The second-order valence-electron chi connectivity index (χ2n) is 7.08. The van der Waals surface area contributed by atoms with E-state index in [-0.39, 0.29) is 5.91 Å². The van der Waals surface area contributed by atoms with E-state index in [4.69, 9.17) is 14.6 Å². The second-order valence-corrected chi connectivity index (χ2v) is 8.24. The minimum absolute atomic E-state index is 0.220. The van der Waals surface area contributed by atoms with Crippen LogP contribution < -0.4 is 23.8 Å². The Balaban J connectivity index is 0.000000668. The molecule has 8 nitrogen and oxygen atoms in total. The number of amides is 1. The van der Waals surface area contributed by atoms with Crippen LogP contribution in [-0.4, -0.2) is 56.7 Å². The number of rotatable bonds is 5. The van der Waals surface area contributed by atoms with Gasteiger partial charge < -0.3 is 5.11 Å². The number of carboxylic acids is 1. The van der Waals surface area contributed by atoms with E-state index in [2.05, 4.69) is 28.4 Å². The van der Waals surface area contributed by atoms with Crippen LogP contribution in [0.15, 0.2) is 66.4 Å². The number of hydrogen-bond acceptors (Lipinski definition) is 6. The molecule has 0 aromatic heterocycles. The fraction of sp³-hybridized carbons (Fsp3) is 0.130. The van der Waals surface area contributed by atoms with Crippen molar-refractivity contribution in [3.63, 3.8) is 0 Å². The summed E-state index contributed by atoms with van der Waals surface area (Å²) < 4.78 is 7.21. The van der Waals surface area contributed by atoms with Crippen LogP contribution in [0.4, 0.5) is 5.69 Å². The summed E-state index contributed by atoms with van der Waals surface area (Å²) in [5, 5.41) is 11.0. The minimum atomic E-state index is -0.833. The first-order valence-corrected chi connectivity index (χ1v) is 11.1. The molecule has 0 saturated carbocycles. The molecule has 0 radical (unpaired) electrons. The van der Waals surface area contributed by atoms with Gasteiger partial charge in [-0.1, -0.05) is 24.3 Å². The van der Waals surface area contributed by atoms with Crippen molar-refractivity contribution < 1.29 is 19.4 Å². The average Bonchev–Trinajstić information content (AvgIpc) is 3.10. The molecule has 3 aromatic rings. The van der Waals surface area contributed by atoms with Crippen molar-refractivity contribution in [2.24, 2.45) is 0 Å². The zero-order chi connectivity index (χ0) is 23.1. The molecular formula is C23H23N4NaO4. The van der Waals surface area contributed by atoms with Crippen LogP contribution in [0, 0.1) is 0 Å². The third-order valence-corrected chi connectivity index (χ3v) is 5.15. The number of fused-ring (bicyclic) bond motifs is 1. The van der Waals surface area contributed by atoms with Gasteiger partial charge in [0.2, 0.25) is 0 Å². The van der Waals surface area contributed by atoms with Crippen molar-refractivity contribution in [2.75, 3.05) is 12.0 Å². The molecule has 0 aliphatic carbocycles. The topological polar surface area (TPSA) is 103 Å². The summed E-state index contributed by atoms with van der Waals surface area (Å²) in [4.78, 5) is 21.4. The zero-order valence-corrected chi connectivity index (χ0v) is 20.2. The number of carboxylic acid groups (broad SMARTS) is 1. The van der Waals surface area contributed by atoms with Crippen LogP contribution in [0.3, 0.4) is 0 Å². The first-order valence-electron chi connectivity index (χ1n) is 10.1. The number of nitrogens with zero attached hydrogens (tertiary/aromatic N) is 1. The van der Waals surface area contributed by atoms with E-state index >= 15 is 0 Å². The van der Waals surface area contributed by atoms with Crippen molar-refractivity contribution in [1.82, 2.24) is 16.1 Å². The van der Waals surface area contributed by atoms with Crippen molar-refractivity contribution in [2.45, 2.75) is 13.8 Å². The SMILES string of the molecule is CC(=O)O.CCOc1c(/C=C2/NN(Nc3cc[c]([Na])cc3)NC2=O)ccc2ccccc12. The van der Waals surface area contributed by atoms with E-state index in [1.54, 1.807) is 6.08 Å². The Morgan fingerprint density at radius 2 is 1.81 bits per heavy atom. The summed E-state index contributed by atoms with van der Waals surface area (Å²) in [5.74, 6) is -0.278. The molecule has 1 saturated heterocycles. The molecule has 32 heavy (non-hydrogen) atoms. The molecule has 3 aromatic carbocycles. The third kappa shape index (κ3) is 6.24. The molecule has 1 amide bonds. The summed E-state index contributed by atoms with van der Waals surface area (Å²) in [6.45, 7) is 3.59. The van der Waals surface area contributed by atoms with Gasteiger partial charge in [-0.2, -0.15) is 0 Å². The number of aliphatic carboxylic acids is 1. The number of hydrazine groups is 3. The van der Waals surface area contributed by atoms with Gasteiger partial charge in [-0.05, 0) is 12.3 Å². The van der Waals surface area contributed by atoms with Crippen molar-refractivity contribution in [3.8, 4) is 5.75 Å².